The highest BCUT2D eigenvalue weighted by molar-refractivity contribution is 5.86. The lowest BCUT2D eigenvalue weighted by Gasteiger charge is -2.18. The Balaban J connectivity index is 2.41. The number of rotatable bonds is 5. The minimum atomic E-state index is -0.993. The van der Waals surface area contributed by atoms with Gasteiger partial charge in [0.15, 0.2) is 5.69 Å². The quantitative estimate of drug-likeness (QED) is 0.876. The molecule has 2 heterocycles. The molecule has 0 bridgehead atoms. The second kappa shape index (κ2) is 5.18. The second-order valence-electron chi connectivity index (χ2n) is 4.14. The summed E-state index contributed by atoms with van der Waals surface area (Å²) in [6, 6.07) is 5.73. The van der Waals surface area contributed by atoms with Crippen LogP contribution in [-0.2, 0) is 6.54 Å². The van der Waals surface area contributed by atoms with Crippen molar-refractivity contribution in [1.29, 1.82) is 0 Å². The van der Waals surface area contributed by atoms with Gasteiger partial charge in [-0.25, -0.2) is 9.78 Å². The molecule has 0 spiro atoms. The van der Waals surface area contributed by atoms with Gasteiger partial charge in [0.1, 0.15) is 5.65 Å². The molecular formula is C13H17N3O2. The van der Waals surface area contributed by atoms with Crippen molar-refractivity contribution in [3.8, 4) is 0 Å². The second-order valence-corrected chi connectivity index (χ2v) is 4.14. The summed E-state index contributed by atoms with van der Waals surface area (Å²) in [7, 11) is 0. The number of carboxylic acid groups (broad SMARTS) is 1. The lowest BCUT2D eigenvalue weighted by atomic mass is 10.3. The SMILES string of the molecule is CCN(CC)Cc1cccc2nc(C(=O)O)cn12. The van der Waals surface area contributed by atoms with Crippen molar-refractivity contribution in [2.75, 3.05) is 13.1 Å². The van der Waals surface area contributed by atoms with E-state index in [0.717, 1.165) is 25.3 Å². The lowest BCUT2D eigenvalue weighted by Crippen LogP contribution is -2.23. The number of aromatic carboxylic acids is 1. The van der Waals surface area contributed by atoms with Gasteiger partial charge < -0.3 is 9.51 Å². The Hall–Kier alpha value is -1.88. The molecule has 0 aliphatic rings. The summed E-state index contributed by atoms with van der Waals surface area (Å²) in [5, 5.41) is 8.96. The Morgan fingerprint density at radius 2 is 2.11 bits per heavy atom. The van der Waals surface area contributed by atoms with E-state index in [1.165, 1.54) is 0 Å². The highest BCUT2D eigenvalue weighted by atomic mass is 16.4. The molecule has 0 aliphatic heterocycles. The van der Waals surface area contributed by atoms with Crippen LogP contribution in [0, 0.1) is 0 Å². The van der Waals surface area contributed by atoms with Crippen LogP contribution in [0.2, 0.25) is 0 Å². The maximum absolute atomic E-state index is 10.9. The smallest absolute Gasteiger partial charge is 0.356 e. The number of carboxylic acids is 1. The highest BCUT2D eigenvalue weighted by Crippen LogP contribution is 2.11. The van der Waals surface area contributed by atoms with Crippen LogP contribution >= 0.6 is 0 Å². The van der Waals surface area contributed by atoms with Gasteiger partial charge in [0.05, 0.1) is 0 Å². The Morgan fingerprint density at radius 3 is 2.72 bits per heavy atom. The topological polar surface area (TPSA) is 57.8 Å². The van der Waals surface area contributed by atoms with Crippen LogP contribution < -0.4 is 0 Å². The minimum absolute atomic E-state index is 0.0852. The van der Waals surface area contributed by atoms with Crippen LogP contribution in [0.5, 0.6) is 0 Å². The number of pyridine rings is 1. The van der Waals surface area contributed by atoms with Gasteiger partial charge in [0, 0.05) is 18.4 Å². The van der Waals surface area contributed by atoms with Crippen LogP contribution in [0.15, 0.2) is 24.4 Å². The zero-order chi connectivity index (χ0) is 13.1. The monoisotopic (exact) mass is 247 g/mol. The maximum atomic E-state index is 10.9. The zero-order valence-corrected chi connectivity index (χ0v) is 10.6. The summed E-state index contributed by atoms with van der Waals surface area (Å²) in [6.07, 6.45) is 1.58. The Labute approximate surface area is 106 Å². The lowest BCUT2D eigenvalue weighted by molar-refractivity contribution is 0.0691. The van der Waals surface area contributed by atoms with E-state index in [9.17, 15) is 4.79 Å². The van der Waals surface area contributed by atoms with Crippen molar-refractivity contribution >= 4 is 11.6 Å². The number of hydrogen-bond donors (Lipinski definition) is 1. The Morgan fingerprint density at radius 1 is 1.39 bits per heavy atom. The average Bonchev–Trinajstić information content (AvgIpc) is 2.80. The van der Waals surface area contributed by atoms with E-state index in [0.29, 0.717) is 5.65 Å². The summed E-state index contributed by atoms with van der Waals surface area (Å²) in [6.45, 7) is 6.95. The maximum Gasteiger partial charge on any atom is 0.356 e. The third-order valence-corrected chi connectivity index (χ3v) is 3.08. The fraction of sp³-hybridized carbons (Fsp3) is 0.385. The molecule has 96 valence electrons. The van der Waals surface area contributed by atoms with Crippen molar-refractivity contribution in [2.24, 2.45) is 0 Å². The molecule has 0 fully saturated rings. The molecule has 0 aromatic carbocycles. The summed E-state index contributed by atoms with van der Waals surface area (Å²) < 4.78 is 1.85. The van der Waals surface area contributed by atoms with E-state index in [1.54, 1.807) is 6.20 Å². The van der Waals surface area contributed by atoms with Crippen molar-refractivity contribution in [3.63, 3.8) is 0 Å². The fourth-order valence-corrected chi connectivity index (χ4v) is 1.98. The van der Waals surface area contributed by atoms with Crippen LogP contribution in [0.1, 0.15) is 30.0 Å². The van der Waals surface area contributed by atoms with Gasteiger partial charge in [-0.1, -0.05) is 19.9 Å². The summed E-state index contributed by atoms with van der Waals surface area (Å²) >= 11 is 0. The van der Waals surface area contributed by atoms with Crippen LogP contribution in [-0.4, -0.2) is 38.4 Å². The van der Waals surface area contributed by atoms with E-state index in [-0.39, 0.29) is 5.69 Å². The minimum Gasteiger partial charge on any atom is -0.476 e. The molecule has 0 saturated carbocycles. The van der Waals surface area contributed by atoms with Crippen LogP contribution in [0.25, 0.3) is 5.65 Å². The van der Waals surface area contributed by atoms with Crippen LogP contribution in [0.3, 0.4) is 0 Å². The van der Waals surface area contributed by atoms with Gasteiger partial charge in [-0.05, 0) is 25.2 Å². The summed E-state index contributed by atoms with van der Waals surface area (Å²) in [5.74, 6) is -0.993. The van der Waals surface area contributed by atoms with E-state index >= 15 is 0 Å². The largest absolute Gasteiger partial charge is 0.476 e. The van der Waals surface area contributed by atoms with E-state index < -0.39 is 5.97 Å². The molecule has 2 aromatic heterocycles. The first-order chi connectivity index (χ1) is 8.65. The predicted molar refractivity (Wildman–Crippen MR) is 68.8 cm³/mol. The number of carbonyl (C=O) groups is 1. The normalized spacial score (nSPS) is 11.3. The number of nitrogens with zero attached hydrogens (tertiary/aromatic N) is 3. The van der Waals surface area contributed by atoms with Crippen LogP contribution in [0.4, 0.5) is 0 Å². The molecule has 2 rings (SSSR count). The average molecular weight is 247 g/mol. The molecule has 0 saturated heterocycles. The molecular weight excluding hydrogens is 230 g/mol. The molecule has 2 aromatic rings. The number of fused-ring (bicyclic) bond motifs is 1. The molecule has 0 unspecified atom stereocenters. The standard InChI is InChI=1S/C13H17N3O2/c1-3-15(4-2)8-10-6-5-7-12-14-11(13(17)18)9-16(10)12/h5-7,9H,3-4,8H2,1-2H3,(H,17,18). The number of hydrogen-bond acceptors (Lipinski definition) is 3. The molecule has 0 atom stereocenters. The summed E-state index contributed by atoms with van der Waals surface area (Å²) in [5.41, 5.74) is 1.82. The first kappa shape index (κ1) is 12.6. The van der Waals surface area contributed by atoms with Gasteiger partial charge >= 0.3 is 5.97 Å². The Bertz CT molecular complexity index is 558. The molecule has 0 radical (unpaired) electrons. The molecule has 1 N–H and O–H groups in total. The molecule has 5 heteroatoms. The number of imidazole rings is 1. The van der Waals surface area contributed by atoms with Crippen molar-refractivity contribution < 1.29 is 9.90 Å². The van der Waals surface area contributed by atoms with E-state index in [1.807, 2.05) is 22.6 Å². The van der Waals surface area contributed by atoms with E-state index in [4.69, 9.17) is 5.11 Å². The fourth-order valence-electron chi connectivity index (χ4n) is 1.98. The Kier molecular flexibility index (Phi) is 3.62. The molecule has 0 amide bonds. The molecule has 18 heavy (non-hydrogen) atoms. The third-order valence-electron chi connectivity index (χ3n) is 3.08. The number of aromatic nitrogens is 2. The zero-order valence-electron chi connectivity index (χ0n) is 10.6. The van der Waals surface area contributed by atoms with Gasteiger partial charge in [-0.3, -0.25) is 4.90 Å². The van der Waals surface area contributed by atoms with Crippen molar-refractivity contribution in [3.05, 3.63) is 35.8 Å². The van der Waals surface area contributed by atoms with Gasteiger partial charge in [-0.2, -0.15) is 0 Å². The van der Waals surface area contributed by atoms with E-state index in [2.05, 4.69) is 23.7 Å². The predicted octanol–water partition coefficient (Wildman–Crippen LogP) is 1.87. The summed E-state index contributed by atoms with van der Waals surface area (Å²) in [4.78, 5) is 17.3. The first-order valence-electron chi connectivity index (χ1n) is 6.08. The van der Waals surface area contributed by atoms with Gasteiger partial charge in [-0.15, -0.1) is 0 Å². The first-order valence-corrected chi connectivity index (χ1v) is 6.08. The molecule has 5 nitrogen and oxygen atoms in total. The van der Waals surface area contributed by atoms with Crippen molar-refractivity contribution in [1.82, 2.24) is 14.3 Å². The highest BCUT2D eigenvalue weighted by Gasteiger charge is 2.11. The van der Waals surface area contributed by atoms with Crippen molar-refractivity contribution in [2.45, 2.75) is 20.4 Å². The third kappa shape index (κ3) is 2.36. The molecule has 0 aliphatic carbocycles. The van der Waals surface area contributed by atoms with Gasteiger partial charge in [0.2, 0.25) is 0 Å². The van der Waals surface area contributed by atoms with Gasteiger partial charge in [0.25, 0.3) is 0 Å².